The van der Waals surface area contributed by atoms with E-state index in [4.69, 9.17) is 9.47 Å². The van der Waals surface area contributed by atoms with Gasteiger partial charge in [-0.3, -0.25) is 15.0 Å². The van der Waals surface area contributed by atoms with Crippen molar-refractivity contribution in [3.63, 3.8) is 0 Å². The van der Waals surface area contributed by atoms with Gasteiger partial charge in [0.25, 0.3) is 0 Å². The van der Waals surface area contributed by atoms with Gasteiger partial charge in [-0.05, 0) is 24.1 Å². The van der Waals surface area contributed by atoms with E-state index in [0.717, 1.165) is 31.6 Å². The molecule has 9 heteroatoms. The van der Waals surface area contributed by atoms with Crippen LogP contribution in [-0.2, 0) is 11.2 Å². The number of aryl methyl sites for hydroxylation is 1. The number of anilines is 1. The van der Waals surface area contributed by atoms with Crippen molar-refractivity contribution in [2.75, 3.05) is 44.7 Å². The third-order valence-electron chi connectivity index (χ3n) is 4.34. The van der Waals surface area contributed by atoms with Gasteiger partial charge in [-0.25, -0.2) is 4.98 Å². The van der Waals surface area contributed by atoms with Gasteiger partial charge in [-0.1, -0.05) is 19.1 Å². The Morgan fingerprint density at radius 1 is 1.26 bits per heavy atom. The summed E-state index contributed by atoms with van der Waals surface area (Å²) in [5, 5.41) is 14.6. The summed E-state index contributed by atoms with van der Waals surface area (Å²) in [4.78, 5) is 21.3. The van der Waals surface area contributed by atoms with Gasteiger partial charge in [0.1, 0.15) is 12.1 Å². The zero-order valence-corrected chi connectivity index (χ0v) is 15.3. The van der Waals surface area contributed by atoms with E-state index in [2.05, 4.69) is 27.1 Å². The Morgan fingerprint density at radius 2 is 2.00 bits per heavy atom. The quantitative estimate of drug-likeness (QED) is 0.556. The molecule has 9 nitrogen and oxygen atoms in total. The molecule has 2 heterocycles. The lowest BCUT2D eigenvalue weighted by atomic mass is 10.2. The van der Waals surface area contributed by atoms with E-state index in [0.29, 0.717) is 25.5 Å². The molecule has 0 radical (unpaired) electrons. The van der Waals surface area contributed by atoms with Crippen LogP contribution >= 0.6 is 0 Å². The molecule has 0 aliphatic carbocycles. The van der Waals surface area contributed by atoms with Crippen molar-refractivity contribution < 1.29 is 14.4 Å². The van der Waals surface area contributed by atoms with Crippen molar-refractivity contribution >= 4 is 11.5 Å². The van der Waals surface area contributed by atoms with Crippen molar-refractivity contribution in [2.24, 2.45) is 0 Å². The summed E-state index contributed by atoms with van der Waals surface area (Å²) in [6, 6.07) is 7.39. The highest BCUT2D eigenvalue weighted by atomic mass is 16.6. The van der Waals surface area contributed by atoms with Gasteiger partial charge in [-0.2, -0.15) is 4.98 Å². The maximum absolute atomic E-state index is 11.6. The van der Waals surface area contributed by atoms with E-state index in [1.807, 2.05) is 12.1 Å². The molecule has 0 atom stereocenters. The van der Waals surface area contributed by atoms with Crippen LogP contribution < -0.4 is 10.1 Å². The highest BCUT2D eigenvalue weighted by molar-refractivity contribution is 5.61. The van der Waals surface area contributed by atoms with Gasteiger partial charge in [0.05, 0.1) is 18.1 Å². The van der Waals surface area contributed by atoms with E-state index in [-0.39, 0.29) is 17.4 Å². The minimum Gasteiger partial charge on any atom is -0.434 e. The Labute approximate surface area is 157 Å². The van der Waals surface area contributed by atoms with Crippen molar-refractivity contribution in [3.8, 4) is 11.6 Å². The second kappa shape index (κ2) is 9.24. The first-order valence-corrected chi connectivity index (χ1v) is 8.97. The highest BCUT2D eigenvalue weighted by Crippen LogP contribution is 2.33. The minimum absolute atomic E-state index is 0.0758. The molecule has 3 rings (SSSR count). The van der Waals surface area contributed by atoms with E-state index in [1.165, 1.54) is 6.33 Å². The summed E-state index contributed by atoms with van der Waals surface area (Å²) >= 11 is 0. The van der Waals surface area contributed by atoms with Gasteiger partial charge >= 0.3 is 11.6 Å². The number of ether oxygens (including phenoxy) is 2. The minimum atomic E-state index is -0.521. The largest absolute Gasteiger partial charge is 0.434 e. The number of nitro groups is 1. The van der Waals surface area contributed by atoms with E-state index < -0.39 is 4.92 Å². The summed E-state index contributed by atoms with van der Waals surface area (Å²) in [6.07, 6.45) is 2.17. The van der Waals surface area contributed by atoms with Crippen molar-refractivity contribution in [3.05, 3.63) is 46.3 Å². The normalized spacial score (nSPS) is 14.7. The Morgan fingerprint density at radius 3 is 2.67 bits per heavy atom. The first kappa shape index (κ1) is 19.0. The molecule has 1 N–H and O–H groups in total. The van der Waals surface area contributed by atoms with Crippen LogP contribution in [0.25, 0.3) is 0 Å². The molecule has 1 aromatic carbocycles. The number of nitrogens with zero attached hydrogens (tertiary/aromatic N) is 4. The lowest BCUT2D eigenvalue weighted by Gasteiger charge is -2.26. The molecule has 1 fully saturated rings. The summed E-state index contributed by atoms with van der Waals surface area (Å²) in [7, 11) is 0. The topological polar surface area (TPSA) is 103 Å². The molecule has 1 aromatic heterocycles. The van der Waals surface area contributed by atoms with Gasteiger partial charge in [0.2, 0.25) is 5.82 Å². The lowest BCUT2D eigenvalue weighted by Crippen LogP contribution is -2.39. The number of hydrogen-bond acceptors (Lipinski definition) is 8. The van der Waals surface area contributed by atoms with Crippen molar-refractivity contribution in [1.82, 2.24) is 14.9 Å². The Balaban J connectivity index is 1.70. The molecule has 1 aliphatic rings. The van der Waals surface area contributed by atoms with Crippen LogP contribution in [0.1, 0.15) is 12.5 Å². The third kappa shape index (κ3) is 5.11. The van der Waals surface area contributed by atoms with Gasteiger partial charge in [0, 0.05) is 26.2 Å². The van der Waals surface area contributed by atoms with E-state index >= 15 is 0 Å². The third-order valence-corrected chi connectivity index (χ3v) is 4.34. The van der Waals surface area contributed by atoms with Crippen LogP contribution in [-0.4, -0.2) is 59.2 Å². The van der Waals surface area contributed by atoms with Crippen molar-refractivity contribution in [2.45, 2.75) is 13.3 Å². The van der Waals surface area contributed by atoms with Crippen molar-refractivity contribution in [1.29, 1.82) is 0 Å². The molecule has 2 aromatic rings. The van der Waals surface area contributed by atoms with Crippen LogP contribution in [0.5, 0.6) is 11.6 Å². The highest BCUT2D eigenvalue weighted by Gasteiger charge is 2.25. The maximum Gasteiger partial charge on any atom is 0.373 e. The first-order chi connectivity index (χ1) is 13.2. The monoisotopic (exact) mass is 373 g/mol. The predicted molar refractivity (Wildman–Crippen MR) is 100 cm³/mol. The summed E-state index contributed by atoms with van der Waals surface area (Å²) in [5.74, 6) is 0.574. The Bertz CT molecular complexity index is 763. The number of aromatic nitrogens is 2. The second-order valence-electron chi connectivity index (χ2n) is 6.11. The Hall–Kier alpha value is -2.78. The fraction of sp³-hybridized carbons (Fsp3) is 0.444. The SMILES string of the molecule is CCc1ccc(Oc2ncnc(NCCN3CCOCC3)c2[N+](=O)[O-])cc1. The molecule has 1 aliphatic heterocycles. The van der Waals surface area contributed by atoms with Gasteiger partial charge < -0.3 is 14.8 Å². The fourth-order valence-corrected chi connectivity index (χ4v) is 2.79. The number of hydrogen-bond donors (Lipinski definition) is 1. The second-order valence-corrected chi connectivity index (χ2v) is 6.11. The van der Waals surface area contributed by atoms with E-state index in [9.17, 15) is 10.1 Å². The average molecular weight is 373 g/mol. The molecule has 0 amide bonds. The molecule has 0 saturated carbocycles. The van der Waals surface area contributed by atoms with Crippen LogP contribution in [0.3, 0.4) is 0 Å². The van der Waals surface area contributed by atoms with Crippen LogP contribution in [0, 0.1) is 10.1 Å². The van der Waals surface area contributed by atoms with Crippen LogP contribution in [0.15, 0.2) is 30.6 Å². The molecule has 144 valence electrons. The molecule has 27 heavy (non-hydrogen) atoms. The molecule has 0 bridgehead atoms. The average Bonchev–Trinajstić information content (AvgIpc) is 2.69. The lowest BCUT2D eigenvalue weighted by molar-refractivity contribution is -0.385. The Kier molecular flexibility index (Phi) is 6.50. The van der Waals surface area contributed by atoms with E-state index in [1.54, 1.807) is 12.1 Å². The van der Waals surface area contributed by atoms with Crippen LogP contribution in [0.4, 0.5) is 11.5 Å². The number of morpholine rings is 1. The molecule has 0 unspecified atom stereocenters. The standard InChI is InChI=1S/C18H23N5O4/c1-2-14-3-5-15(6-4-14)27-18-16(23(24)25)17(20-13-21-18)19-7-8-22-9-11-26-12-10-22/h3-6,13H,2,7-12H2,1H3,(H,19,20,21). The summed E-state index contributed by atoms with van der Waals surface area (Å²) in [6.45, 7) is 6.47. The fourth-order valence-electron chi connectivity index (χ4n) is 2.79. The molecule has 0 spiro atoms. The molecular weight excluding hydrogens is 350 g/mol. The smallest absolute Gasteiger partial charge is 0.373 e. The zero-order chi connectivity index (χ0) is 19.1. The predicted octanol–water partition coefficient (Wildman–Crippen LogP) is 2.48. The molecule has 1 saturated heterocycles. The van der Waals surface area contributed by atoms with Crippen LogP contribution in [0.2, 0.25) is 0 Å². The van der Waals surface area contributed by atoms with Gasteiger partial charge in [-0.15, -0.1) is 0 Å². The summed E-state index contributed by atoms with van der Waals surface area (Å²) in [5.41, 5.74) is 0.893. The maximum atomic E-state index is 11.6. The number of benzene rings is 1. The molecular formula is C18H23N5O4. The summed E-state index contributed by atoms with van der Waals surface area (Å²) < 4.78 is 11.0. The number of rotatable bonds is 8. The number of nitrogens with one attached hydrogen (secondary N) is 1. The first-order valence-electron chi connectivity index (χ1n) is 8.97. The van der Waals surface area contributed by atoms with Gasteiger partial charge in [0.15, 0.2) is 0 Å². The zero-order valence-electron chi connectivity index (χ0n) is 15.3.